The number of carbonyl (C=O) groups is 1. The molecule has 1 amide bonds. The van der Waals surface area contributed by atoms with E-state index in [-0.39, 0.29) is 90.2 Å². The van der Waals surface area contributed by atoms with E-state index in [0.29, 0.717) is 10.9 Å². The monoisotopic (exact) mass is 731 g/mol. The van der Waals surface area contributed by atoms with E-state index >= 15 is 4.39 Å². The van der Waals surface area contributed by atoms with Crippen molar-refractivity contribution in [3.05, 3.63) is 77.5 Å². The quantitative estimate of drug-likeness (QED) is 0.119. The Hall–Kier alpha value is -4.13. The molecule has 9 nitrogen and oxygen atoms in total. The fourth-order valence-electron chi connectivity index (χ4n) is 6.50. The molecular formula is C35H41F4N7O2S2. The fourth-order valence-corrected chi connectivity index (χ4v) is 6.50. The number of allylic oxidation sites excluding steroid dienone is 1. The zero-order valence-corrected chi connectivity index (χ0v) is 29.0. The number of hydrogen-bond acceptors (Lipinski definition) is 7. The third kappa shape index (κ3) is 8.08. The molecule has 0 unspecified atom stereocenters. The number of anilines is 1. The normalized spacial score (nSPS) is 18.7. The van der Waals surface area contributed by atoms with Gasteiger partial charge in [0, 0.05) is 49.9 Å². The van der Waals surface area contributed by atoms with Crippen molar-refractivity contribution in [2.75, 3.05) is 58.0 Å². The topological polar surface area (TPSA) is 79.1 Å². The minimum atomic E-state index is -2.85. The minimum absolute atomic E-state index is 0. The molecule has 2 aliphatic rings. The second kappa shape index (κ2) is 16.7. The lowest BCUT2D eigenvalue weighted by Crippen LogP contribution is -2.56. The number of piperazine rings is 1. The lowest BCUT2D eigenvalue weighted by molar-refractivity contribution is -0.128. The number of fused-ring (bicyclic) bond motifs is 2. The number of ether oxygens (including phenoxy) is 1. The van der Waals surface area contributed by atoms with Gasteiger partial charge in [-0.15, -0.1) is 0 Å². The van der Waals surface area contributed by atoms with Crippen LogP contribution in [0.15, 0.2) is 54.7 Å². The lowest BCUT2D eigenvalue weighted by Gasteiger charge is -2.39. The third-order valence-electron chi connectivity index (χ3n) is 8.77. The molecule has 15 heteroatoms. The first-order valence-electron chi connectivity index (χ1n) is 15.3. The number of amides is 1. The molecule has 50 heavy (non-hydrogen) atoms. The minimum Gasteiger partial charge on any atom is -0.462 e. The van der Waals surface area contributed by atoms with Gasteiger partial charge in [-0.25, -0.2) is 24.1 Å². The number of likely N-dealkylation sites (N-methyl/N-ethyl adjacent to an activating group) is 1. The zero-order valence-electron chi connectivity index (χ0n) is 27.0. The third-order valence-corrected chi connectivity index (χ3v) is 8.77. The first-order chi connectivity index (χ1) is 22.6. The van der Waals surface area contributed by atoms with Gasteiger partial charge in [0.05, 0.1) is 11.9 Å². The smallest absolute Gasteiger partial charge is 0.319 e. The van der Waals surface area contributed by atoms with E-state index in [4.69, 9.17) is 11.3 Å². The Morgan fingerprint density at radius 2 is 1.88 bits per heavy atom. The molecule has 0 bridgehead atoms. The standard InChI is InChI=1S/C34H33F4N7O2.CH4.2H2S/c1-21-7-4-8-22-9-5-10-25(28(21)22)30-29(36)31-26(17-40-30)32(42-33(41-31)47-19-23-15-34(37,38)20-43(23)3)44-13-14-45(24(18-44)16-39-2)27(46)11-6-12-35;;;/h4-11,17,23-24H,12-16,18-20H2,1,3H3;1H4;2*1H2/b11-6+;;;/t23-,24-;;;/m0.../s1. The summed E-state index contributed by atoms with van der Waals surface area (Å²) in [5.41, 5.74) is 1.56. The lowest BCUT2D eigenvalue weighted by atomic mass is 9.97. The zero-order chi connectivity index (χ0) is 33.3. The maximum absolute atomic E-state index is 16.7. The van der Waals surface area contributed by atoms with Crippen LogP contribution in [0, 0.1) is 19.3 Å². The molecule has 0 saturated carbocycles. The van der Waals surface area contributed by atoms with E-state index in [0.717, 1.165) is 28.5 Å². The summed E-state index contributed by atoms with van der Waals surface area (Å²) in [6, 6.07) is 10.0. The number of halogens is 4. The molecule has 2 saturated heterocycles. The van der Waals surface area contributed by atoms with E-state index in [1.807, 2.05) is 42.2 Å². The van der Waals surface area contributed by atoms with E-state index in [9.17, 15) is 18.0 Å². The maximum Gasteiger partial charge on any atom is 0.319 e. The van der Waals surface area contributed by atoms with Crippen molar-refractivity contribution in [3.8, 4) is 17.3 Å². The highest BCUT2D eigenvalue weighted by Crippen LogP contribution is 2.37. The predicted molar refractivity (Wildman–Crippen MR) is 198 cm³/mol. The molecule has 2 aromatic carbocycles. The number of hydrogen-bond donors (Lipinski definition) is 0. The van der Waals surface area contributed by atoms with Crippen LogP contribution >= 0.6 is 27.0 Å². The van der Waals surface area contributed by atoms with Crippen LogP contribution in [0.25, 0.3) is 37.8 Å². The number of carbonyl (C=O) groups excluding carboxylic acids is 1. The van der Waals surface area contributed by atoms with E-state index in [2.05, 4.69) is 19.8 Å². The Morgan fingerprint density at radius 1 is 1.14 bits per heavy atom. The summed E-state index contributed by atoms with van der Waals surface area (Å²) in [6.45, 7) is 8.69. The van der Waals surface area contributed by atoms with Gasteiger partial charge in [-0.1, -0.05) is 43.8 Å². The molecular weight excluding hydrogens is 691 g/mol. The van der Waals surface area contributed by atoms with Crippen molar-refractivity contribution >= 4 is 60.4 Å². The van der Waals surface area contributed by atoms with Gasteiger partial charge in [-0.3, -0.25) is 14.7 Å². The van der Waals surface area contributed by atoms with Crippen molar-refractivity contribution in [2.24, 2.45) is 0 Å². The van der Waals surface area contributed by atoms with Gasteiger partial charge in [0.25, 0.3) is 5.92 Å². The SMILES string of the molecule is C.S.S.[C-]#[N+]C[C@H]1CN(c2nc(OC[C@@H]3CC(F)(F)CN3C)nc3c(F)c(-c4cccc5cccc(C)c45)ncc23)CCN1C(=O)/C=C/CF. The first-order valence-corrected chi connectivity index (χ1v) is 15.3. The Kier molecular flexibility index (Phi) is 13.5. The molecule has 2 atom stereocenters. The van der Waals surface area contributed by atoms with Crippen LogP contribution in [0.3, 0.4) is 0 Å². The summed E-state index contributed by atoms with van der Waals surface area (Å²) in [7, 11) is 1.59. The van der Waals surface area contributed by atoms with Crippen molar-refractivity contribution in [3.63, 3.8) is 0 Å². The van der Waals surface area contributed by atoms with Crippen molar-refractivity contribution in [1.82, 2.24) is 24.8 Å². The Morgan fingerprint density at radius 3 is 2.56 bits per heavy atom. The van der Waals surface area contributed by atoms with Gasteiger partial charge in [0.1, 0.15) is 36.4 Å². The van der Waals surface area contributed by atoms with Gasteiger partial charge >= 0.3 is 6.01 Å². The molecule has 2 aliphatic heterocycles. The number of aryl methyl sites for hydroxylation is 1. The van der Waals surface area contributed by atoms with Gasteiger partial charge < -0.3 is 19.4 Å². The van der Waals surface area contributed by atoms with Crippen LogP contribution in [-0.2, 0) is 4.79 Å². The summed E-state index contributed by atoms with van der Waals surface area (Å²) in [6.07, 6.45) is 3.38. The number of pyridine rings is 1. The van der Waals surface area contributed by atoms with Crippen molar-refractivity contribution < 1.29 is 27.1 Å². The highest BCUT2D eigenvalue weighted by atomic mass is 32.1. The highest BCUT2D eigenvalue weighted by molar-refractivity contribution is 7.59. The Balaban J connectivity index is 0.00000225. The first kappa shape index (κ1) is 40.3. The summed E-state index contributed by atoms with van der Waals surface area (Å²) < 4.78 is 63.4. The van der Waals surface area contributed by atoms with Crippen LogP contribution in [0.2, 0.25) is 0 Å². The number of aromatic nitrogens is 3. The predicted octanol–water partition coefficient (Wildman–Crippen LogP) is 6.33. The fraction of sp³-hybridized carbons (Fsp3) is 0.400. The van der Waals surface area contributed by atoms with Gasteiger partial charge in [-0.05, 0) is 36.4 Å². The molecule has 0 aliphatic carbocycles. The molecule has 2 aromatic heterocycles. The molecule has 268 valence electrons. The van der Waals surface area contributed by atoms with Crippen LogP contribution in [-0.4, -0.2) is 102 Å². The molecule has 0 radical (unpaired) electrons. The molecule has 2 fully saturated rings. The summed E-state index contributed by atoms with van der Waals surface area (Å²) in [5, 5.41) is 2.06. The summed E-state index contributed by atoms with van der Waals surface area (Å²) >= 11 is 0. The van der Waals surface area contributed by atoms with Gasteiger partial charge in [-0.2, -0.15) is 37.0 Å². The van der Waals surface area contributed by atoms with Gasteiger partial charge in [0.15, 0.2) is 5.82 Å². The van der Waals surface area contributed by atoms with Crippen LogP contribution < -0.4 is 9.64 Å². The van der Waals surface area contributed by atoms with E-state index in [1.165, 1.54) is 16.0 Å². The number of rotatable bonds is 8. The molecule has 6 rings (SSSR count). The molecule has 4 heterocycles. The highest BCUT2D eigenvalue weighted by Gasteiger charge is 2.43. The van der Waals surface area contributed by atoms with E-state index in [1.54, 1.807) is 13.1 Å². The van der Waals surface area contributed by atoms with E-state index < -0.39 is 49.4 Å². The number of nitrogens with zero attached hydrogens (tertiary/aromatic N) is 7. The molecule has 4 aromatic rings. The summed E-state index contributed by atoms with van der Waals surface area (Å²) in [5.74, 6) is -3.68. The second-order valence-corrected chi connectivity index (χ2v) is 12.0. The Labute approximate surface area is 303 Å². The number of likely N-dealkylation sites (tertiary alicyclic amines) is 1. The van der Waals surface area contributed by atoms with Crippen LogP contribution in [0.5, 0.6) is 6.01 Å². The van der Waals surface area contributed by atoms with Gasteiger partial charge in [0.2, 0.25) is 12.5 Å². The average Bonchev–Trinajstić information content (AvgIpc) is 3.33. The van der Waals surface area contributed by atoms with Crippen LogP contribution in [0.4, 0.5) is 23.4 Å². The largest absolute Gasteiger partial charge is 0.462 e. The van der Waals surface area contributed by atoms with Crippen molar-refractivity contribution in [2.45, 2.75) is 38.8 Å². The number of alkyl halides is 3. The number of benzene rings is 2. The average molecular weight is 732 g/mol. The maximum atomic E-state index is 16.7. The van der Waals surface area contributed by atoms with Crippen LogP contribution in [0.1, 0.15) is 19.4 Å². The van der Waals surface area contributed by atoms with Crippen molar-refractivity contribution in [1.29, 1.82) is 0 Å². The molecule has 0 N–H and O–H groups in total. The second-order valence-electron chi connectivity index (χ2n) is 12.0. The summed E-state index contributed by atoms with van der Waals surface area (Å²) in [4.78, 5) is 34.7. The Bertz CT molecular complexity index is 1900. The molecule has 0 spiro atoms.